The fourth-order valence-corrected chi connectivity index (χ4v) is 2.52. The molecular formula is C19H18ClN5O2. The van der Waals surface area contributed by atoms with Gasteiger partial charge in [-0.25, -0.2) is 4.79 Å². The van der Waals surface area contributed by atoms with Gasteiger partial charge in [0, 0.05) is 17.3 Å². The zero-order valence-corrected chi connectivity index (χ0v) is 15.4. The maximum Gasteiger partial charge on any atom is 0.337 e. The number of esters is 1. The second-order valence-corrected chi connectivity index (χ2v) is 6.10. The molecule has 0 unspecified atom stereocenters. The van der Waals surface area contributed by atoms with Gasteiger partial charge in [-0.15, -0.1) is 5.10 Å². The fourth-order valence-electron chi connectivity index (χ4n) is 2.40. The Morgan fingerprint density at radius 3 is 2.78 bits per heavy atom. The molecule has 0 atom stereocenters. The van der Waals surface area contributed by atoms with Gasteiger partial charge in [0.1, 0.15) is 0 Å². The summed E-state index contributed by atoms with van der Waals surface area (Å²) in [5.41, 5.74) is 2.28. The first-order valence-electron chi connectivity index (χ1n) is 8.27. The first-order chi connectivity index (χ1) is 13.1. The standard InChI is InChI=1S/C19H18ClN5O2/c1-27-18(26)14-3-2-4-16(11-14)23-19-24-17(12-22-25-19)21-10-9-13-5-7-15(20)8-6-13/h2-8,11-12H,9-10H2,1H3,(H2,21,23,24,25). The van der Waals surface area contributed by atoms with E-state index < -0.39 is 5.97 Å². The Hall–Kier alpha value is -3.19. The van der Waals surface area contributed by atoms with Gasteiger partial charge in [0.2, 0.25) is 5.95 Å². The van der Waals surface area contributed by atoms with Crippen LogP contribution in [0.4, 0.5) is 17.5 Å². The molecular weight excluding hydrogens is 366 g/mol. The zero-order valence-electron chi connectivity index (χ0n) is 14.6. The minimum atomic E-state index is -0.407. The van der Waals surface area contributed by atoms with E-state index in [-0.39, 0.29) is 0 Å². The van der Waals surface area contributed by atoms with Crippen LogP contribution in [0, 0.1) is 0 Å². The highest BCUT2D eigenvalue weighted by Crippen LogP contribution is 2.16. The lowest BCUT2D eigenvalue weighted by Gasteiger charge is -2.08. The zero-order chi connectivity index (χ0) is 19.1. The van der Waals surface area contributed by atoms with Gasteiger partial charge >= 0.3 is 5.97 Å². The third-order valence-corrected chi connectivity index (χ3v) is 3.98. The van der Waals surface area contributed by atoms with E-state index >= 15 is 0 Å². The van der Waals surface area contributed by atoms with E-state index in [1.165, 1.54) is 12.7 Å². The third-order valence-electron chi connectivity index (χ3n) is 3.73. The number of carbonyl (C=O) groups is 1. The lowest BCUT2D eigenvalue weighted by molar-refractivity contribution is 0.0601. The number of rotatable bonds is 7. The molecule has 0 aliphatic rings. The number of methoxy groups -OCH3 is 1. The van der Waals surface area contributed by atoms with Gasteiger partial charge in [-0.2, -0.15) is 10.1 Å². The van der Waals surface area contributed by atoms with Gasteiger partial charge in [0.15, 0.2) is 5.82 Å². The van der Waals surface area contributed by atoms with E-state index in [1.54, 1.807) is 30.5 Å². The molecule has 1 aromatic heterocycles. The van der Waals surface area contributed by atoms with Crippen LogP contribution in [-0.2, 0) is 11.2 Å². The number of halogens is 1. The highest BCUT2D eigenvalue weighted by atomic mass is 35.5. The Labute approximate surface area is 161 Å². The molecule has 138 valence electrons. The van der Waals surface area contributed by atoms with Gasteiger partial charge in [-0.05, 0) is 42.3 Å². The van der Waals surface area contributed by atoms with Crippen LogP contribution in [-0.4, -0.2) is 34.8 Å². The first-order valence-corrected chi connectivity index (χ1v) is 8.65. The van der Waals surface area contributed by atoms with E-state index in [0.717, 1.165) is 11.4 Å². The number of nitrogens with one attached hydrogen (secondary N) is 2. The topological polar surface area (TPSA) is 89.0 Å². The molecule has 0 saturated heterocycles. The normalized spacial score (nSPS) is 10.3. The molecule has 0 fully saturated rings. The molecule has 0 amide bonds. The van der Waals surface area contributed by atoms with Crippen LogP contribution in [0.1, 0.15) is 15.9 Å². The van der Waals surface area contributed by atoms with Crippen molar-refractivity contribution >= 4 is 35.0 Å². The molecule has 2 aromatic carbocycles. The maximum atomic E-state index is 11.6. The summed E-state index contributed by atoms with van der Waals surface area (Å²) in [6, 6.07) is 14.6. The molecule has 0 radical (unpaired) electrons. The van der Waals surface area contributed by atoms with Gasteiger partial charge in [0.05, 0.1) is 18.9 Å². The van der Waals surface area contributed by atoms with Crippen molar-refractivity contribution in [3.05, 3.63) is 70.9 Å². The number of benzene rings is 2. The Morgan fingerprint density at radius 1 is 1.19 bits per heavy atom. The molecule has 2 N–H and O–H groups in total. The van der Waals surface area contributed by atoms with E-state index in [2.05, 4.69) is 25.8 Å². The highest BCUT2D eigenvalue weighted by molar-refractivity contribution is 6.30. The van der Waals surface area contributed by atoms with Crippen LogP contribution in [0.15, 0.2) is 54.7 Å². The van der Waals surface area contributed by atoms with Gasteiger partial charge in [-0.1, -0.05) is 29.8 Å². The molecule has 0 aliphatic carbocycles. The van der Waals surface area contributed by atoms with Crippen molar-refractivity contribution in [3.8, 4) is 0 Å². The second-order valence-electron chi connectivity index (χ2n) is 5.67. The van der Waals surface area contributed by atoms with Crippen LogP contribution in [0.3, 0.4) is 0 Å². The van der Waals surface area contributed by atoms with Crippen molar-refractivity contribution in [3.63, 3.8) is 0 Å². The van der Waals surface area contributed by atoms with Crippen molar-refractivity contribution in [1.29, 1.82) is 0 Å². The number of carbonyl (C=O) groups excluding carboxylic acids is 1. The second kappa shape index (κ2) is 8.95. The predicted octanol–water partition coefficient (Wildman–Crippen LogP) is 3.71. The van der Waals surface area contributed by atoms with Gasteiger partial charge in [0.25, 0.3) is 0 Å². The molecule has 7 nitrogen and oxygen atoms in total. The molecule has 27 heavy (non-hydrogen) atoms. The van der Waals surface area contributed by atoms with Crippen molar-refractivity contribution in [2.75, 3.05) is 24.3 Å². The molecule has 0 saturated carbocycles. The summed E-state index contributed by atoms with van der Waals surface area (Å²) in [6.07, 6.45) is 2.38. The summed E-state index contributed by atoms with van der Waals surface area (Å²) in [4.78, 5) is 16.0. The number of aromatic nitrogens is 3. The van der Waals surface area contributed by atoms with E-state index in [4.69, 9.17) is 16.3 Å². The summed E-state index contributed by atoms with van der Waals surface area (Å²) in [7, 11) is 1.34. The van der Waals surface area contributed by atoms with Crippen molar-refractivity contribution < 1.29 is 9.53 Å². The number of hydrogen-bond donors (Lipinski definition) is 2. The Kier molecular flexibility index (Phi) is 6.17. The van der Waals surface area contributed by atoms with E-state index in [9.17, 15) is 4.79 Å². The lowest BCUT2D eigenvalue weighted by atomic mass is 10.1. The fraction of sp³-hybridized carbons (Fsp3) is 0.158. The van der Waals surface area contributed by atoms with Crippen LogP contribution in [0.5, 0.6) is 0 Å². The highest BCUT2D eigenvalue weighted by Gasteiger charge is 2.07. The molecule has 0 bridgehead atoms. The van der Waals surface area contributed by atoms with Gasteiger partial charge < -0.3 is 15.4 Å². The number of anilines is 3. The van der Waals surface area contributed by atoms with Crippen LogP contribution in [0.2, 0.25) is 5.02 Å². The number of hydrogen-bond acceptors (Lipinski definition) is 7. The molecule has 0 spiro atoms. The lowest BCUT2D eigenvalue weighted by Crippen LogP contribution is -2.09. The summed E-state index contributed by atoms with van der Waals surface area (Å²) >= 11 is 5.89. The monoisotopic (exact) mass is 383 g/mol. The first kappa shape index (κ1) is 18.6. The predicted molar refractivity (Wildman–Crippen MR) is 105 cm³/mol. The molecule has 3 rings (SSSR count). The number of nitrogens with zero attached hydrogens (tertiary/aromatic N) is 3. The Bertz CT molecular complexity index is 918. The molecule has 3 aromatic rings. The van der Waals surface area contributed by atoms with Crippen molar-refractivity contribution in [2.24, 2.45) is 0 Å². The Balaban J connectivity index is 1.60. The minimum absolute atomic E-state index is 0.327. The minimum Gasteiger partial charge on any atom is -0.465 e. The van der Waals surface area contributed by atoms with Gasteiger partial charge in [-0.3, -0.25) is 0 Å². The molecule has 0 aliphatic heterocycles. The van der Waals surface area contributed by atoms with Crippen LogP contribution in [0.25, 0.3) is 0 Å². The largest absolute Gasteiger partial charge is 0.465 e. The average molecular weight is 384 g/mol. The molecule has 8 heteroatoms. The summed E-state index contributed by atoms with van der Waals surface area (Å²) in [6.45, 7) is 0.692. The molecule has 1 heterocycles. The van der Waals surface area contributed by atoms with Crippen LogP contribution < -0.4 is 10.6 Å². The smallest absolute Gasteiger partial charge is 0.337 e. The van der Waals surface area contributed by atoms with E-state index in [0.29, 0.717) is 29.6 Å². The SMILES string of the molecule is COC(=O)c1cccc(Nc2nncc(NCCc3ccc(Cl)cc3)n2)c1. The quantitative estimate of drug-likeness (QED) is 0.601. The van der Waals surface area contributed by atoms with Crippen molar-refractivity contribution in [2.45, 2.75) is 6.42 Å². The Morgan fingerprint density at radius 2 is 2.00 bits per heavy atom. The maximum absolute atomic E-state index is 11.6. The van der Waals surface area contributed by atoms with Crippen LogP contribution >= 0.6 is 11.6 Å². The van der Waals surface area contributed by atoms with Crippen molar-refractivity contribution in [1.82, 2.24) is 15.2 Å². The summed E-state index contributed by atoms with van der Waals surface area (Å²) < 4.78 is 4.72. The third kappa shape index (κ3) is 5.39. The summed E-state index contributed by atoms with van der Waals surface area (Å²) in [5, 5.41) is 14.9. The summed E-state index contributed by atoms with van der Waals surface area (Å²) in [5.74, 6) is 0.523. The average Bonchev–Trinajstić information content (AvgIpc) is 2.69. The number of ether oxygens (including phenoxy) is 1. The van der Waals surface area contributed by atoms with E-state index in [1.807, 2.05) is 24.3 Å².